The first kappa shape index (κ1) is 22.8. The van der Waals surface area contributed by atoms with Crippen molar-refractivity contribution in [2.45, 2.75) is 46.3 Å². The van der Waals surface area contributed by atoms with Crippen LogP contribution in [0, 0.1) is 5.92 Å². The number of anilines is 1. The topological polar surface area (TPSA) is 68.8 Å². The van der Waals surface area contributed by atoms with Gasteiger partial charge >= 0.3 is 0 Å². The van der Waals surface area contributed by atoms with E-state index in [1.165, 1.54) is 37.1 Å². The number of guanidine groups is 1. The molecule has 3 N–H and O–H groups in total. The van der Waals surface area contributed by atoms with Crippen molar-refractivity contribution in [3.8, 4) is 0 Å². The van der Waals surface area contributed by atoms with Crippen molar-refractivity contribution in [3.05, 3.63) is 65.2 Å². The first-order valence-corrected chi connectivity index (χ1v) is 11.2. The van der Waals surface area contributed by atoms with E-state index in [9.17, 15) is 4.79 Å². The third kappa shape index (κ3) is 7.40. The standard InChI is InChI=1S/C25H35N5O/c1-19(2)24(31)29-23-12-10-21(11-13-23)17-28-25(26-3)27-16-20-6-8-22(9-7-20)18-30-14-4-5-15-30/h6-13,19H,4-5,14-18H2,1-3H3,(H,29,31)(H2,26,27,28). The lowest BCUT2D eigenvalue weighted by molar-refractivity contribution is -0.118. The maximum atomic E-state index is 11.8. The maximum absolute atomic E-state index is 11.8. The molecule has 0 saturated carbocycles. The third-order valence-corrected chi connectivity index (χ3v) is 5.52. The molecule has 1 amide bonds. The minimum absolute atomic E-state index is 0.0274. The van der Waals surface area contributed by atoms with Crippen molar-refractivity contribution < 1.29 is 4.79 Å². The SMILES string of the molecule is CN=C(NCc1ccc(CN2CCCC2)cc1)NCc1ccc(NC(=O)C(C)C)cc1. The van der Waals surface area contributed by atoms with Crippen LogP contribution in [-0.2, 0) is 24.4 Å². The molecular weight excluding hydrogens is 386 g/mol. The van der Waals surface area contributed by atoms with Crippen LogP contribution in [0.2, 0.25) is 0 Å². The Labute approximate surface area is 186 Å². The highest BCUT2D eigenvalue weighted by molar-refractivity contribution is 5.92. The molecule has 6 heteroatoms. The predicted octanol–water partition coefficient (Wildman–Crippen LogP) is 3.74. The summed E-state index contributed by atoms with van der Waals surface area (Å²) in [7, 11) is 1.78. The molecule has 31 heavy (non-hydrogen) atoms. The molecule has 0 aliphatic carbocycles. The Kier molecular flexibility index (Phi) is 8.47. The number of hydrogen-bond donors (Lipinski definition) is 3. The molecular formula is C25H35N5O. The van der Waals surface area contributed by atoms with E-state index < -0.39 is 0 Å². The van der Waals surface area contributed by atoms with Crippen molar-refractivity contribution in [2.24, 2.45) is 10.9 Å². The van der Waals surface area contributed by atoms with Gasteiger partial charge in [0.1, 0.15) is 0 Å². The third-order valence-electron chi connectivity index (χ3n) is 5.52. The van der Waals surface area contributed by atoms with Crippen molar-refractivity contribution >= 4 is 17.6 Å². The largest absolute Gasteiger partial charge is 0.352 e. The monoisotopic (exact) mass is 421 g/mol. The molecule has 0 bridgehead atoms. The smallest absolute Gasteiger partial charge is 0.226 e. The lowest BCUT2D eigenvalue weighted by Gasteiger charge is -2.15. The normalized spacial score (nSPS) is 14.6. The van der Waals surface area contributed by atoms with Crippen molar-refractivity contribution in [3.63, 3.8) is 0 Å². The van der Waals surface area contributed by atoms with Gasteiger partial charge in [0, 0.05) is 38.3 Å². The number of rotatable bonds is 8. The number of carbonyl (C=O) groups is 1. The predicted molar refractivity (Wildman–Crippen MR) is 128 cm³/mol. The van der Waals surface area contributed by atoms with Gasteiger partial charge in [-0.3, -0.25) is 14.7 Å². The van der Waals surface area contributed by atoms with E-state index >= 15 is 0 Å². The summed E-state index contributed by atoms with van der Waals surface area (Å²) in [5, 5.41) is 9.62. The number of aliphatic imine (C=N–C) groups is 1. The average Bonchev–Trinajstić information content (AvgIpc) is 3.29. The van der Waals surface area contributed by atoms with Crippen LogP contribution in [0.1, 0.15) is 43.4 Å². The number of hydrogen-bond acceptors (Lipinski definition) is 3. The fourth-order valence-electron chi connectivity index (χ4n) is 3.55. The summed E-state index contributed by atoms with van der Waals surface area (Å²) in [6.45, 7) is 8.65. The van der Waals surface area contributed by atoms with Crippen LogP contribution < -0.4 is 16.0 Å². The highest BCUT2D eigenvalue weighted by Crippen LogP contribution is 2.13. The fraction of sp³-hybridized carbons (Fsp3) is 0.440. The zero-order valence-electron chi connectivity index (χ0n) is 18.9. The van der Waals surface area contributed by atoms with Gasteiger partial charge in [-0.25, -0.2) is 0 Å². The Bertz CT molecular complexity index is 852. The minimum Gasteiger partial charge on any atom is -0.352 e. The summed E-state index contributed by atoms with van der Waals surface area (Å²) in [6.07, 6.45) is 2.65. The zero-order valence-corrected chi connectivity index (χ0v) is 18.9. The quantitative estimate of drug-likeness (QED) is 0.449. The van der Waals surface area contributed by atoms with Gasteiger partial charge in [-0.1, -0.05) is 50.2 Å². The van der Waals surface area contributed by atoms with Gasteiger partial charge in [0.2, 0.25) is 5.91 Å². The molecule has 1 heterocycles. The Balaban J connectivity index is 1.42. The maximum Gasteiger partial charge on any atom is 0.226 e. The molecule has 1 fully saturated rings. The number of likely N-dealkylation sites (tertiary alicyclic amines) is 1. The highest BCUT2D eigenvalue weighted by atomic mass is 16.1. The molecule has 0 radical (unpaired) electrons. The van der Waals surface area contributed by atoms with Crippen molar-refractivity contribution in [2.75, 3.05) is 25.5 Å². The molecule has 2 aromatic rings. The van der Waals surface area contributed by atoms with Crippen LogP contribution >= 0.6 is 0 Å². The molecule has 1 aliphatic heterocycles. The van der Waals surface area contributed by atoms with E-state index in [1.807, 2.05) is 38.1 Å². The van der Waals surface area contributed by atoms with Crippen molar-refractivity contribution in [1.82, 2.24) is 15.5 Å². The second-order valence-corrected chi connectivity index (χ2v) is 8.42. The zero-order chi connectivity index (χ0) is 22.1. The molecule has 1 saturated heterocycles. The summed E-state index contributed by atoms with van der Waals surface area (Å²) in [5.41, 5.74) is 4.55. The van der Waals surface area contributed by atoms with Crippen LogP contribution in [0.25, 0.3) is 0 Å². The first-order valence-electron chi connectivity index (χ1n) is 11.2. The Morgan fingerprint density at radius 3 is 1.94 bits per heavy atom. The summed E-state index contributed by atoms with van der Waals surface area (Å²) in [4.78, 5) is 18.6. The first-order chi connectivity index (χ1) is 15.0. The Morgan fingerprint density at radius 1 is 0.903 bits per heavy atom. The number of benzene rings is 2. The molecule has 0 spiro atoms. The summed E-state index contributed by atoms with van der Waals surface area (Å²) in [5.74, 6) is 0.759. The number of amides is 1. The van der Waals surface area contributed by atoms with Gasteiger partial charge < -0.3 is 16.0 Å². The molecule has 2 aromatic carbocycles. The van der Waals surface area contributed by atoms with E-state index in [0.717, 1.165) is 30.3 Å². The van der Waals surface area contributed by atoms with Crippen LogP contribution in [0.15, 0.2) is 53.5 Å². The van der Waals surface area contributed by atoms with Gasteiger partial charge in [-0.15, -0.1) is 0 Å². The van der Waals surface area contributed by atoms with Gasteiger partial charge in [-0.05, 0) is 54.8 Å². The van der Waals surface area contributed by atoms with Crippen molar-refractivity contribution in [1.29, 1.82) is 0 Å². The van der Waals surface area contributed by atoms with E-state index in [-0.39, 0.29) is 11.8 Å². The Hall–Kier alpha value is -2.86. The second-order valence-electron chi connectivity index (χ2n) is 8.42. The average molecular weight is 422 g/mol. The van der Waals surface area contributed by atoms with E-state index in [1.54, 1.807) is 7.05 Å². The number of nitrogens with zero attached hydrogens (tertiary/aromatic N) is 2. The van der Waals surface area contributed by atoms with E-state index in [0.29, 0.717) is 6.54 Å². The van der Waals surface area contributed by atoms with Crippen LogP contribution in [0.3, 0.4) is 0 Å². The van der Waals surface area contributed by atoms with E-state index in [4.69, 9.17) is 0 Å². The van der Waals surface area contributed by atoms with Crippen LogP contribution in [-0.4, -0.2) is 36.9 Å². The highest BCUT2D eigenvalue weighted by Gasteiger charge is 2.11. The molecule has 3 rings (SSSR count). The molecule has 166 valence electrons. The molecule has 6 nitrogen and oxygen atoms in total. The van der Waals surface area contributed by atoms with Gasteiger partial charge in [0.05, 0.1) is 0 Å². The van der Waals surface area contributed by atoms with Gasteiger partial charge in [0.15, 0.2) is 5.96 Å². The summed E-state index contributed by atoms with van der Waals surface area (Å²) in [6, 6.07) is 16.7. The van der Waals surface area contributed by atoms with Gasteiger partial charge in [0.25, 0.3) is 0 Å². The van der Waals surface area contributed by atoms with Gasteiger partial charge in [-0.2, -0.15) is 0 Å². The minimum atomic E-state index is -0.0305. The molecule has 1 aliphatic rings. The van der Waals surface area contributed by atoms with E-state index in [2.05, 4.69) is 50.1 Å². The number of carbonyl (C=O) groups excluding carboxylic acids is 1. The summed E-state index contributed by atoms with van der Waals surface area (Å²) >= 11 is 0. The summed E-state index contributed by atoms with van der Waals surface area (Å²) < 4.78 is 0. The number of nitrogens with one attached hydrogen (secondary N) is 3. The van der Waals surface area contributed by atoms with Crippen LogP contribution in [0.4, 0.5) is 5.69 Å². The molecule has 0 unspecified atom stereocenters. The lowest BCUT2D eigenvalue weighted by Crippen LogP contribution is -2.36. The molecule has 0 atom stereocenters. The Morgan fingerprint density at radius 2 is 1.42 bits per heavy atom. The lowest BCUT2D eigenvalue weighted by atomic mass is 10.1. The van der Waals surface area contributed by atoms with Crippen LogP contribution in [0.5, 0.6) is 0 Å². The molecule has 0 aromatic heterocycles. The second kappa shape index (κ2) is 11.5. The fourth-order valence-corrected chi connectivity index (χ4v) is 3.55.